The van der Waals surface area contributed by atoms with Gasteiger partial charge in [-0.25, -0.2) is 8.42 Å². The van der Waals surface area contributed by atoms with E-state index in [0.29, 0.717) is 5.69 Å². The van der Waals surface area contributed by atoms with E-state index >= 15 is 0 Å². The fourth-order valence-electron chi connectivity index (χ4n) is 2.76. The molecule has 0 aliphatic rings. The van der Waals surface area contributed by atoms with Crippen LogP contribution in [0.4, 0.5) is 11.4 Å². The van der Waals surface area contributed by atoms with Crippen LogP contribution in [0.5, 0.6) is 5.75 Å². The molecule has 7 nitrogen and oxygen atoms in total. The van der Waals surface area contributed by atoms with Gasteiger partial charge < -0.3 is 4.74 Å². The van der Waals surface area contributed by atoms with Gasteiger partial charge in [-0.1, -0.05) is 48.5 Å². The predicted octanol–water partition coefficient (Wildman–Crippen LogP) is 4.00. The van der Waals surface area contributed by atoms with Crippen molar-refractivity contribution >= 4 is 21.4 Å². The van der Waals surface area contributed by atoms with Crippen molar-refractivity contribution in [3.05, 3.63) is 94.5 Å². The van der Waals surface area contributed by atoms with Crippen molar-refractivity contribution in [1.29, 1.82) is 0 Å². The monoisotopic (exact) mass is 398 g/mol. The lowest BCUT2D eigenvalue weighted by Gasteiger charge is -2.25. The Kier molecular flexibility index (Phi) is 5.60. The Labute approximate surface area is 163 Å². The van der Waals surface area contributed by atoms with Gasteiger partial charge >= 0.3 is 0 Å². The van der Waals surface area contributed by atoms with Gasteiger partial charge in [-0.3, -0.25) is 14.4 Å². The summed E-state index contributed by atoms with van der Waals surface area (Å²) in [5.41, 5.74) is 0.895. The highest BCUT2D eigenvalue weighted by Crippen LogP contribution is 2.33. The first-order valence-corrected chi connectivity index (χ1v) is 9.81. The molecule has 0 heterocycles. The summed E-state index contributed by atoms with van der Waals surface area (Å²) in [6.07, 6.45) is 0. The molecule has 0 atom stereocenters. The van der Waals surface area contributed by atoms with Crippen LogP contribution < -0.4 is 9.04 Å². The molecule has 0 N–H and O–H groups in total. The van der Waals surface area contributed by atoms with Crippen molar-refractivity contribution in [3.8, 4) is 5.75 Å². The Morgan fingerprint density at radius 1 is 0.964 bits per heavy atom. The van der Waals surface area contributed by atoms with E-state index < -0.39 is 14.9 Å². The SMILES string of the molecule is COc1ccc([N+](=O)[O-])cc1S(=O)(=O)N(Cc1ccccc1)c1ccccc1. The van der Waals surface area contributed by atoms with Crippen molar-refractivity contribution < 1.29 is 18.1 Å². The molecule has 3 rings (SSSR count). The molecule has 0 spiro atoms. The lowest BCUT2D eigenvalue weighted by molar-refractivity contribution is -0.385. The van der Waals surface area contributed by atoms with E-state index in [2.05, 4.69) is 0 Å². The number of hydrogen-bond donors (Lipinski definition) is 0. The number of rotatable bonds is 7. The molecular weight excluding hydrogens is 380 g/mol. The normalized spacial score (nSPS) is 11.0. The minimum atomic E-state index is -4.15. The average Bonchev–Trinajstić information content (AvgIpc) is 2.72. The molecule has 0 aromatic heterocycles. The van der Waals surface area contributed by atoms with Crippen molar-refractivity contribution in [3.63, 3.8) is 0 Å². The van der Waals surface area contributed by atoms with Crippen molar-refractivity contribution in [1.82, 2.24) is 0 Å². The molecule has 144 valence electrons. The molecular formula is C20H18N2O5S. The zero-order chi connectivity index (χ0) is 20.1. The Morgan fingerprint density at radius 2 is 1.57 bits per heavy atom. The molecule has 0 amide bonds. The maximum Gasteiger partial charge on any atom is 0.271 e. The summed E-state index contributed by atoms with van der Waals surface area (Å²) in [6, 6.07) is 21.2. The van der Waals surface area contributed by atoms with Crippen LogP contribution in [0, 0.1) is 10.1 Å². The third-order valence-electron chi connectivity index (χ3n) is 4.14. The van der Waals surface area contributed by atoms with E-state index in [4.69, 9.17) is 4.74 Å². The number of methoxy groups -OCH3 is 1. The highest BCUT2D eigenvalue weighted by atomic mass is 32.2. The average molecular weight is 398 g/mol. The zero-order valence-electron chi connectivity index (χ0n) is 15.1. The van der Waals surface area contributed by atoms with Crippen molar-refractivity contribution in [2.75, 3.05) is 11.4 Å². The molecule has 0 unspecified atom stereocenters. The third-order valence-corrected chi connectivity index (χ3v) is 5.93. The van der Waals surface area contributed by atoms with Crippen LogP contribution in [0.3, 0.4) is 0 Å². The van der Waals surface area contributed by atoms with Gasteiger partial charge in [-0.2, -0.15) is 0 Å². The molecule has 0 aliphatic carbocycles. The number of hydrogen-bond acceptors (Lipinski definition) is 5. The summed E-state index contributed by atoms with van der Waals surface area (Å²) in [7, 11) is -2.82. The molecule has 0 radical (unpaired) electrons. The zero-order valence-corrected chi connectivity index (χ0v) is 15.9. The van der Waals surface area contributed by atoms with Crippen molar-refractivity contribution in [2.45, 2.75) is 11.4 Å². The number of nitrogens with zero attached hydrogens (tertiary/aromatic N) is 2. The predicted molar refractivity (Wildman–Crippen MR) is 106 cm³/mol. The third kappa shape index (κ3) is 3.96. The van der Waals surface area contributed by atoms with E-state index in [1.54, 1.807) is 30.3 Å². The molecule has 0 aliphatic heterocycles. The van der Waals surface area contributed by atoms with Crippen LogP contribution in [0.15, 0.2) is 83.8 Å². The summed E-state index contributed by atoms with van der Waals surface area (Å²) >= 11 is 0. The molecule has 0 bridgehead atoms. The quantitative estimate of drug-likeness (QED) is 0.443. The van der Waals surface area contributed by atoms with Crippen LogP contribution in [-0.2, 0) is 16.6 Å². The van der Waals surface area contributed by atoms with Gasteiger partial charge in [0.1, 0.15) is 10.6 Å². The van der Waals surface area contributed by atoms with Crippen LogP contribution in [0.2, 0.25) is 0 Å². The van der Waals surface area contributed by atoms with Gasteiger partial charge in [0.2, 0.25) is 0 Å². The second kappa shape index (κ2) is 8.10. The van der Waals surface area contributed by atoms with E-state index in [1.165, 1.54) is 23.5 Å². The second-order valence-electron chi connectivity index (χ2n) is 5.93. The number of benzene rings is 3. The van der Waals surface area contributed by atoms with E-state index in [0.717, 1.165) is 11.6 Å². The number of nitro benzene ring substituents is 1. The van der Waals surface area contributed by atoms with Crippen LogP contribution >= 0.6 is 0 Å². The summed E-state index contributed by atoms with van der Waals surface area (Å²) in [5.74, 6) is 0.0413. The van der Waals surface area contributed by atoms with E-state index in [9.17, 15) is 18.5 Å². The molecule has 0 fully saturated rings. The summed E-state index contributed by atoms with van der Waals surface area (Å²) in [4.78, 5) is 10.3. The fourth-order valence-corrected chi connectivity index (χ4v) is 4.39. The number of sulfonamides is 1. The molecule has 3 aromatic carbocycles. The highest BCUT2D eigenvalue weighted by Gasteiger charge is 2.30. The van der Waals surface area contributed by atoms with E-state index in [1.807, 2.05) is 30.3 Å². The molecule has 8 heteroatoms. The van der Waals surface area contributed by atoms with Crippen molar-refractivity contribution in [2.24, 2.45) is 0 Å². The van der Waals surface area contributed by atoms with Gasteiger partial charge in [0.05, 0.1) is 24.3 Å². The van der Waals surface area contributed by atoms with Gasteiger partial charge in [0, 0.05) is 12.1 Å². The lowest BCUT2D eigenvalue weighted by atomic mass is 10.2. The Balaban J connectivity index is 2.16. The van der Waals surface area contributed by atoms with Gasteiger partial charge in [0.15, 0.2) is 0 Å². The molecule has 0 saturated heterocycles. The number of ether oxygens (including phenoxy) is 1. The largest absolute Gasteiger partial charge is 0.495 e. The first-order valence-electron chi connectivity index (χ1n) is 8.37. The topological polar surface area (TPSA) is 89.7 Å². The lowest BCUT2D eigenvalue weighted by Crippen LogP contribution is -2.31. The molecule has 0 saturated carbocycles. The van der Waals surface area contributed by atoms with E-state index in [-0.39, 0.29) is 22.9 Å². The van der Waals surface area contributed by atoms with Gasteiger partial charge in [-0.05, 0) is 23.8 Å². The summed E-state index contributed by atoms with van der Waals surface area (Å²) in [6.45, 7) is 0.0685. The maximum absolute atomic E-state index is 13.5. The molecule has 3 aromatic rings. The first kappa shape index (κ1) is 19.4. The number of para-hydroxylation sites is 1. The second-order valence-corrected chi connectivity index (χ2v) is 7.76. The highest BCUT2D eigenvalue weighted by molar-refractivity contribution is 7.93. The Bertz CT molecular complexity index is 1070. The first-order chi connectivity index (χ1) is 13.4. The Morgan fingerprint density at radius 3 is 2.14 bits per heavy atom. The smallest absolute Gasteiger partial charge is 0.271 e. The Hall–Kier alpha value is -3.39. The minimum absolute atomic E-state index is 0.0413. The standard InChI is InChI=1S/C20H18N2O5S/c1-27-19-13-12-18(22(23)24)14-20(19)28(25,26)21(17-10-6-3-7-11-17)15-16-8-4-2-5-9-16/h2-14H,15H2,1H3. The minimum Gasteiger partial charge on any atom is -0.495 e. The van der Waals surface area contributed by atoms with Gasteiger partial charge in [-0.15, -0.1) is 0 Å². The number of anilines is 1. The maximum atomic E-state index is 13.5. The van der Waals surface area contributed by atoms with Crippen LogP contribution in [-0.4, -0.2) is 20.5 Å². The number of non-ortho nitro benzene ring substituents is 1. The number of nitro groups is 1. The van der Waals surface area contributed by atoms with Crippen LogP contribution in [0.1, 0.15) is 5.56 Å². The summed E-state index contributed by atoms with van der Waals surface area (Å²) < 4.78 is 33.4. The van der Waals surface area contributed by atoms with Gasteiger partial charge in [0.25, 0.3) is 15.7 Å². The van der Waals surface area contributed by atoms with Crippen LogP contribution in [0.25, 0.3) is 0 Å². The summed E-state index contributed by atoms with van der Waals surface area (Å²) in [5, 5.41) is 11.2. The molecule has 28 heavy (non-hydrogen) atoms. The fraction of sp³-hybridized carbons (Fsp3) is 0.100.